The predicted octanol–water partition coefficient (Wildman–Crippen LogP) is 4.63. The summed E-state index contributed by atoms with van der Waals surface area (Å²) in [5.74, 6) is 1.13. The Morgan fingerprint density at radius 2 is 1.65 bits per heavy atom. The van der Waals surface area contributed by atoms with E-state index in [-0.39, 0.29) is 6.10 Å². The molecule has 0 aliphatic heterocycles. The Kier molecular flexibility index (Phi) is 2.99. The molecule has 0 fully saturated rings. The Bertz CT molecular complexity index is 629. The van der Waals surface area contributed by atoms with Crippen molar-refractivity contribution in [3.8, 4) is 5.75 Å². The Labute approximate surface area is 120 Å². The fourth-order valence-corrected chi connectivity index (χ4v) is 3.68. The second-order valence-corrected chi connectivity index (χ2v) is 5.94. The van der Waals surface area contributed by atoms with Crippen molar-refractivity contribution in [3.63, 3.8) is 0 Å². The van der Waals surface area contributed by atoms with Gasteiger partial charge in [-0.2, -0.15) is 0 Å². The number of aryl methyl sites for hydroxylation is 2. The molecule has 1 nitrogen and oxygen atoms in total. The lowest BCUT2D eigenvalue weighted by Crippen LogP contribution is -2.15. The molecule has 2 aromatic rings. The van der Waals surface area contributed by atoms with E-state index < -0.39 is 0 Å². The van der Waals surface area contributed by atoms with Crippen LogP contribution in [-0.4, -0.2) is 0 Å². The number of rotatable bonds is 2. The zero-order chi connectivity index (χ0) is 13.4. The van der Waals surface area contributed by atoms with E-state index in [0.717, 1.165) is 12.2 Å². The topological polar surface area (TPSA) is 9.23 Å². The number of fused-ring (bicyclic) bond motifs is 2. The summed E-state index contributed by atoms with van der Waals surface area (Å²) in [6.45, 7) is 0. The van der Waals surface area contributed by atoms with Crippen molar-refractivity contribution >= 4 is 0 Å². The molecule has 0 saturated carbocycles. The highest BCUT2D eigenvalue weighted by atomic mass is 16.5. The summed E-state index contributed by atoms with van der Waals surface area (Å²) in [4.78, 5) is 0. The fourth-order valence-electron chi connectivity index (χ4n) is 3.68. The zero-order valence-corrected chi connectivity index (χ0v) is 11.8. The minimum atomic E-state index is 0.243. The summed E-state index contributed by atoms with van der Waals surface area (Å²) in [5, 5.41) is 0. The van der Waals surface area contributed by atoms with Gasteiger partial charge in [-0.1, -0.05) is 36.4 Å². The molecule has 0 radical (unpaired) electrons. The molecule has 102 valence electrons. The molecule has 0 spiro atoms. The van der Waals surface area contributed by atoms with Crippen molar-refractivity contribution in [2.75, 3.05) is 0 Å². The van der Waals surface area contributed by atoms with E-state index in [2.05, 4.69) is 42.5 Å². The van der Waals surface area contributed by atoms with Crippen molar-refractivity contribution in [2.45, 2.75) is 44.6 Å². The van der Waals surface area contributed by atoms with Crippen LogP contribution in [0.2, 0.25) is 0 Å². The molecular formula is C19H20O. The highest BCUT2D eigenvalue weighted by Gasteiger charge is 2.23. The maximum atomic E-state index is 6.42. The normalized spacial score (nSPS) is 20.3. The van der Waals surface area contributed by atoms with E-state index in [4.69, 9.17) is 4.74 Å². The third-order valence-corrected chi connectivity index (χ3v) is 4.69. The zero-order valence-electron chi connectivity index (χ0n) is 11.8. The van der Waals surface area contributed by atoms with Gasteiger partial charge in [0, 0.05) is 0 Å². The van der Waals surface area contributed by atoms with E-state index in [1.165, 1.54) is 54.4 Å². The maximum absolute atomic E-state index is 6.42. The first kappa shape index (κ1) is 12.0. The van der Waals surface area contributed by atoms with E-state index >= 15 is 0 Å². The smallest absolute Gasteiger partial charge is 0.124 e. The first-order chi connectivity index (χ1) is 9.92. The molecule has 4 rings (SSSR count). The molecule has 0 saturated heterocycles. The molecule has 0 bridgehead atoms. The third-order valence-electron chi connectivity index (χ3n) is 4.69. The van der Waals surface area contributed by atoms with Crippen molar-refractivity contribution in [1.82, 2.24) is 0 Å². The molecule has 1 atom stereocenters. The summed E-state index contributed by atoms with van der Waals surface area (Å²) < 4.78 is 6.42. The van der Waals surface area contributed by atoms with E-state index in [9.17, 15) is 0 Å². The molecule has 0 amide bonds. The first-order valence-electron chi connectivity index (χ1n) is 7.77. The summed E-state index contributed by atoms with van der Waals surface area (Å²) in [6.07, 6.45) is 7.48. The van der Waals surface area contributed by atoms with Crippen LogP contribution >= 0.6 is 0 Å². The van der Waals surface area contributed by atoms with Gasteiger partial charge in [-0.25, -0.2) is 0 Å². The summed E-state index contributed by atoms with van der Waals surface area (Å²) in [5.41, 5.74) is 5.81. The number of ether oxygens (including phenoxy) is 1. The average molecular weight is 264 g/mol. The van der Waals surface area contributed by atoms with Crippen LogP contribution in [-0.2, 0) is 19.3 Å². The lowest BCUT2D eigenvalue weighted by molar-refractivity contribution is 0.182. The van der Waals surface area contributed by atoms with Gasteiger partial charge in [-0.3, -0.25) is 0 Å². The van der Waals surface area contributed by atoms with Crippen LogP contribution in [0.3, 0.4) is 0 Å². The van der Waals surface area contributed by atoms with Gasteiger partial charge >= 0.3 is 0 Å². The van der Waals surface area contributed by atoms with Gasteiger partial charge in [-0.15, -0.1) is 0 Å². The quantitative estimate of drug-likeness (QED) is 0.768. The van der Waals surface area contributed by atoms with Crippen molar-refractivity contribution in [3.05, 3.63) is 64.7 Å². The van der Waals surface area contributed by atoms with Gasteiger partial charge < -0.3 is 4.74 Å². The molecule has 0 N–H and O–H groups in total. The highest BCUT2D eigenvalue weighted by molar-refractivity contribution is 5.44. The molecule has 2 aromatic carbocycles. The van der Waals surface area contributed by atoms with Crippen molar-refractivity contribution in [1.29, 1.82) is 0 Å². The molecule has 1 unspecified atom stereocenters. The van der Waals surface area contributed by atoms with E-state index in [1.54, 1.807) is 0 Å². The van der Waals surface area contributed by atoms with Crippen LogP contribution in [0, 0.1) is 0 Å². The maximum Gasteiger partial charge on any atom is 0.124 e. The van der Waals surface area contributed by atoms with Crippen LogP contribution in [0.4, 0.5) is 0 Å². The molecule has 0 aromatic heterocycles. The van der Waals surface area contributed by atoms with Crippen LogP contribution < -0.4 is 4.74 Å². The minimum Gasteiger partial charge on any atom is -0.485 e. The fraction of sp³-hybridized carbons (Fsp3) is 0.368. The Balaban J connectivity index is 1.66. The third kappa shape index (κ3) is 2.02. The Morgan fingerprint density at radius 1 is 0.800 bits per heavy atom. The van der Waals surface area contributed by atoms with Gasteiger partial charge in [0.2, 0.25) is 0 Å². The lowest BCUT2D eigenvalue weighted by atomic mass is 9.89. The van der Waals surface area contributed by atoms with Gasteiger partial charge in [0.1, 0.15) is 11.9 Å². The second-order valence-electron chi connectivity index (χ2n) is 5.94. The minimum absolute atomic E-state index is 0.243. The van der Waals surface area contributed by atoms with Crippen LogP contribution in [0.15, 0.2) is 42.5 Å². The second kappa shape index (κ2) is 4.97. The summed E-state index contributed by atoms with van der Waals surface area (Å²) in [7, 11) is 0. The van der Waals surface area contributed by atoms with Crippen LogP contribution in [0.25, 0.3) is 0 Å². The molecule has 20 heavy (non-hydrogen) atoms. The SMILES string of the molecule is c1ccc2c(c1)CCCC2Oc1cccc2c1CCC2. The van der Waals surface area contributed by atoms with E-state index in [0.29, 0.717) is 0 Å². The standard InChI is InChI=1S/C19H20O/c1-2-10-16-14(6-1)8-4-12-18(16)20-19-13-5-9-15-7-3-11-17(15)19/h1-2,5-6,9-10,13,18H,3-4,7-8,11-12H2. The van der Waals surface area contributed by atoms with Crippen LogP contribution in [0.1, 0.15) is 47.6 Å². The molecule has 1 heteroatoms. The average Bonchev–Trinajstić information content (AvgIpc) is 2.97. The number of hydrogen-bond donors (Lipinski definition) is 0. The number of benzene rings is 2. The van der Waals surface area contributed by atoms with Crippen LogP contribution in [0.5, 0.6) is 5.75 Å². The van der Waals surface area contributed by atoms with Gasteiger partial charge in [-0.05, 0) is 66.8 Å². The van der Waals surface area contributed by atoms with Gasteiger partial charge in [0.15, 0.2) is 0 Å². The van der Waals surface area contributed by atoms with Gasteiger partial charge in [0.25, 0.3) is 0 Å². The van der Waals surface area contributed by atoms with Crippen molar-refractivity contribution < 1.29 is 4.74 Å². The summed E-state index contributed by atoms with van der Waals surface area (Å²) >= 11 is 0. The monoisotopic (exact) mass is 264 g/mol. The highest BCUT2D eigenvalue weighted by Crippen LogP contribution is 2.37. The first-order valence-corrected chi connectivity index (χ1v) is 7.77. The largest absolute Gasteiger partial charge is 0.485 e. The van der Waals surface area contributed by atoms with E-state index in [1.807, 2.05) is 0 Å². The lowest BCUT2D eigenvalue weighted by Gasteiger charge is -2.27. The molecule has 0 heterocycles. The Morgan fingerprint density at radius 3 is 2.65 bits per heavy atom. The predicted molar refractivity (Wildman–Crippen MR) is 81.2 cm³/mol. The van der Waals surface area contributed by atoms with Gasteiger partial charge in [0.05, 0.1) is 0 Å². The van der Waals surface area contributed by atoms with Crippen molar-refractivity contribution in [2.24, 2.45) is 0 Å². The molecule has 2 aliphatic carbocycles. The summed E-state index contributed by atoms with van der Waals surface area (Å²) in [6, 6.07) is 15.3. The Hall–Kier alpha value is -1.76. The molecular weight excluding hydrogens is 244 g/mol. The number of hydrogen-bond acceptors (Lipinski definition) is 1. The molecule has 2 aliphatic rings.